The first-order valence-electron chi connectivity index (χ1n) is 6.30. The SMILES string of the molecule is N#Cc1nnc2ccccc2c1N1CCCCC1. The normalized spacial score (nSPS) is 15.6. The molecular formula is C14H14N4. The van der Waals surface area contributed by atoms with Crippen molar-refractivity contribution in [1.82, 2.24) is 10.2 Å². The second kappa shape index (κ2) is 4.61. The molecule has 1 aromatic heterocycles. The Labute approximate surface area is 106 Å². The van der Waals surface area contributed by atoms with Crippen molar-refractivity contribution in [3.05, 3.63) is 30.0 Å². The van der Waals surface area contributed by atoms with Crippen molar-refractivity contribution in [2.45, 2.75) is 19.3 Å². The Morgan fingerprint density at radius 3 is 2.61 bits per heavy atom. The minimum absolute atomic E-state index is 0.440. The molecule has 0 aliphatic carbocycles. The van der Waals surface area contributed by atoms with Gasteiger partial charge >= 0.3 is 0 Å². The third-order valence-electron chi connectivity index (χ3n) is 3.42. The predicted octanol–water partition coefficient (Wildman–Crippen LogP) is 2.49. The van der Waals surface area contributed by atoms with E-state index in [0.717, 1.165) is 29.7 Å². The van der Waals surface area contributed by atoms with Gasteiger partial charge in [-0.25, -0.2) is 0 Å². The summed E-state index contributed by atoms with van der Waals surface area (Å²) < 4.78 is 0. The molecule has 4 nitrogen and oxygen atoms in total. The summed E-state index contributed by atoms with van der Waals surface area (Å²) in [5.74, 6) is 0. The Hall–Kier alpha value is -2.15. The van der Waals surface area contributed by atoms with E-state index in [9.17, 15) is 5.26 Å². The fraction of sp³-hybridized carbons (Fsp3) is 0.357. The van der Waals surface area contributed by atoms with Crippen LogP contribution >= 0.6 is 0 Å². The first-order chi connectivity index (χ1) is 8.90. The summed E-state index contributed by atoms with van der Waals surface area (Å²) in [6.07, 6.45) is 3.64. The average molecular weight is 238 g/mol. The number of aromatic nitrogens is 2. The lowest BCUT2D eigenvalue weighted by Crippen LogP contribution is -2.30. The molecule has 1 saturated heterocycles. The Kier molecular flexibility index (Phi) is 2.81. The van der Waals surface area contributed by atoms with Gasteiger partial charge in [-0.3, -0.25) is 0 Å². The van der Waals surface area contributed by atoms with E-state index >= 15 is 0 Å². The molecule has 1 aromatic carbocycles. The van der Waals surface area contributed by atoms with Gasteiger partial charge in [-0.2, -0.15) is 5.26 Å². The zero-order valence-electron chi connectivity index (χ0n) is 10.1. The van der Waals surface area contributed by atoms with Gasteiger partial charge in [0.15, 0.2) is 5.69 Å². The summed E-state index contributed by atoms with van der Waals surface area (Å²) in [7, 11) is 0. The third kappa shape index (κ3) is 1.78. The molecule has 2 heterocycles. The van der Waals surface area contributed by atoms with Crippen LogP contribution < -0.4 is 4.90 Å². The molecule has 18 heavy (non-hydrogen) atoms. The number of hydrogen-bond donors (Lipinski definition) is 0. The molecule has 0 unspecified atom stereocenters. The highest BCUT2D eigenvalue weighted by Crippen LogP contribution is 2.29. The van der Waals surface area contributed by atoms with Crippen molar-refractivity contribution in [2.75, 3.05) is 18.0 Å². The largest absolute Gasteiger partial charge is 0.369 e. The van der Waals surface area contributed by atoms with Crippen molar-refractivity contribution >= 4 is 16.6 Å². The first-order valence-corrected chi connectivity index (χ1v) is 6.30. The number of benzene rings is 1. The maximum atomic E-state index is 9.23. The molecule has 0 bridgehead atoms. The molecule has 0 spiro atoms. The van der Waals surface area contributed by atoms with Gasteiger partial charge in [0.2, 0.25) is 0 Å². The second-order valence-electron chi connectivity index (χ2n) is 4.57. The predicted molar refractivity (Wildman–Crippen MR) is 70.3 cm³/mol. The Balaban J connectivity index is 2.20. The third-order valence-corrected chi connectivity index (χ3v) is 3.42. The molecule has 0 saturated carbocycles. The van der Waals surface area contributed by atoms with E-state index in [1.54, 1.807) is 0 Å². The van der Waals surface area contributed by atoms with E-state index in [1.807, 2.05) is 24.3 Å². The quantitative estimate of drug-likeness (QED) is 0.766. The average Bonchev–Trinajstić information content (AvgIpc) is 2.47. The number of nitriles is 1. The highest BCUT2D eigenvalue weighted by molar-refractivity contribution is 5.93. The van der Waals surface area contributed by atoms with Crippen LogP contribution in [-0.2, 0) is 0 Å². The summed E-state index contributed by atoms with van der Waals surface area (Å²) in [6.45, 7) is 2.01. The van der Waals surface area contributed by atoms with Gasteiger partial charge in [0, 0.05) is 18.5 Å². The number of fused-ring (bicyclic) bond motifs is 1. The molecule has 3 rings (SSSR count). The summed E-state index contributed by atoms with van der Waals surface area (Å²) in [5, 5.41) is 18.4. The van der Waals surface area contributed by atoms with Gasteiger partial charge in [0.05, 0.1) is 11.2 Å². The standard InChI is InChI=1S/C14H14N4/c15-10-13-14(18-8-4-1-5-9-18)11-6-2-3-7-12(11)16-17-13/h2-3,6-7H,1,4-5,8-9H2. The van der Waals surface area contributed by atoms with Crippen LogP contribution in [0.3, 0.4) is 0 Å². The second-order valence-corrected chi connectivity index (χ2v) is 4.57. The summed E-state index contributed by atoms with van der Waals surface area (Å²) >= 11 is 0. The molecule has 0 radical (unpaired) electrons. The zero-order chi connectivity index (χ0) is 12.4. The molecule has 2 aromatic rings. The first kappa shape index (κ1) is 11.0. The highest BCUT2D eigenvalue weighted by Gasteiger charge is 2.18. The van der Waals surface area contributed by atoms with E-state index in [2.05, 4.69) is 21.2 Å². The molecule has 90 valence electrons. The Morgan fingerprint density at radius 2 is 1.83 bits per heavy atom. The van der Waals surface area contributed by atoms with Crippen LogP contribution in [0.4, 0.5) is 5.69 Å². The van der Waals surface area contributed by atoms with E-state index in [1.165, 1.54) is 19.3 Å². The van der Waals surface area contributed by atoms with Gasteiger partial charge < -0.3 is 4.90 Å². The molecule has 0 N–H and O–H groups in total. The molecule has 1 fully saturated rings. The van der Waals surface area contributed by atoms with E-state index in [0.29, 0.717) is 5.69 Å². The van der Waals surface area contributed by atoms with Crippen molar-refractivity contribution in [2.24, 2.45) is 0 Å². The van der Waals surface area contributed by atoms with Crippen molar-refractivity contribution in [3.8, 4) is 6.07 Å². The number of nitrogens with zero attached hydrogens (tertiary/aromatic N) is 4. The maximum absolute atomic E-state index is 9.23. The fourth-order valence-corrected chi connectivity index (χ4v) is 2.55. The van der Waals surface area contributed by atoms with Crippen LogP contribution in [-0.4, -0.2) is 23.3 Å². The van der Waals surface area contributed by atoms with E-state index < -0.39 is 0 Å². The summed E-state index contributed by atoms with van der Waals surface area (Å²) in [4.78, 5) is 2.28. The number of anilines is 1. The number of piperidine rings is 1. The Morgan fingerprint density at radius 1 is 1.06 bits per heavy atom. The van der Waals surface area contributed by atoms with Crippen LogP contribution in [0.5, 0.6) is 0 Å². The minimum Gasteiger partial charge on any atom is -0.369 e. The maximum Gasteiger partial charge on any atom is 0.187 e. The smallest absolute Gasteiger partial charge is 0.187 e. The summed E-state index contributed by atoms with van der Waals surface area (Å²) in [5.41, 5.74) is 2.26. The van der Waals surface area contributed by atoms with E-state index in [4.69, 9.17) is 0 Å². The van der Waals surface area contributed by atoms with Gasteiger partial charge in [-0.15, -0.1) is 10.2 Å². The van der Waals surface area contributed by atoms with Crippen LogP contribution in [0.2, 0.25) is 0 Å². The fourth-order valence-electron chi connectivity index (χ4n) is 2.55. The minimum atomic E-state index is 0.440. The lowest BCUT2D eigenvalue weighted by molar-refractivity contribution is 0.577. The highest BCUT2D eigenvalue weighted by atomic mass is 15.2. The van der Waals surface area contributed by atoms with Gasteiger partial charge in [-0.1, -0.05) is 18.2 Å². The molecule has 1 aliphatic rings. The summed E-state index contributed by atoms with van der Waals surface area (Å²) in [6, 6.07) is 10.1. The number of rotatable bonds is 1. The lowest BCUT2D eigenvalue weighted by atomic mass is 10.1. The topological polar surface area (TPSA) is 52.8 Å². The van der Waals surface area contributed by atoms with Crippen LogP contribution in [0.1, 0.15) is 25.0 Å². The Bertz CT molecular complexity index is 609. The van der Waals surface area contributed by atoms with Gasteiger partial charge in [-0.05, 0) is 25.3 Å². The van der Waals surface area contributed by atoms with E-state index in [-0.39, 0.29) is 0 Å². The molecule has 4 heteroatoms. The zero-order valence-corrected chi connectivity index (χ0v) is 10.1. The molecule has 0 amide bonds. The van der Waals surface area contributed by atoms with Gasteiger partial charge in [0.25, 0.3) is 0 Å². The van der Waals surface area contributed by atoms with Crippen molar-refractivity contribution in [3.63, 3.8) is 0 Å². The monoisotopic (exact) mass is 238 g/mol. The van der Waals surface area contributed by atoms with Gasteiger partial charge in [0.1, 0.15) is 6.07 Å². The number of hydrogen-bond acceptors (Lipinski definition) is 4. The molecule has 0 atom stereocenters. The van der Waals surface area contributed by atoms with Crippen LogP contribution in [0.25, 0.3) is 10.9 Å². The van der Waals surface area contributed by atoms with Crippen LogP contribution in [0, 0.1) is 11.3 Å². The molecule has 1 aliphatic heterocycles. The lowest BCUT2D eigenvalue weighted by Gasteiger charge is -2.29. The van der Waals surface area contributed by atoms with Crippen molar-refractivity contribution in [1.29, 1.82) is 5.26 Å². The molecular weight excluding hydrogens is 224 g/mol. The van der Waals surface area contributed by atoms with Crippen molar-refractivity contribution < 1.29 is 0 Å². The van der Waals surface area contributed by atoms with Crippen LogP contribution in [0.15, 0.2) is 24.3 Å².